The van der Waals surface area contributed by atoms with Gasteiger partial charge < -0.3 is 10.1 Å². The van der Waals surface area contributed by atoms with E-state index in [2.05, 4.69) is 15.5 Å². The van der Waals surface area contributed by atoms with Gasteiger partial charge in [-0.1, -0.05) is 12.1 Å². The molecule has 1 amide bonds. The summed E-state index contributed by atoms with van der Waals surface area (Å²) in [7, 11) is 0. The van der Waals surface area contributed by atoms with Crippen LogP contribution in [0.1, 0.15) is 17.3 Å². The van der Waals surface area contributed by atoms with Crippen LogP contribution < -0.4 is 10.1 Å². The number of hydrogen-bond acceptors (Lipinski definition) is 4. The number of hydrogen-bond donors (Lipinski definition) is 1. The van der Waals surface area contributed by atoms with Crippen LogP contribution in [0.3, 0.4) is 0 Å². The Hall–Kier alpha value is -3.35. The third-order valence-corrected chi connectivity index (χ3v) is 3.52. The van der Waals surface area contributed by atoms with E-state index >= 15 is 0 Å². The van der Waals surface area contributed by atoms with E-state index in [0.29, 0.717) is 29.9 Å². The Balaban J connectivity index is 1.79. The number of carbonyl (C=O) groups excluding carboxylic acids is 1. The molecule has 3 aromatic rings. The molecular formula is C19H15F2N3O2. The highest BCUT2D eigenvalue weighted by molar-refractivity contribution is 6.04. The first-order valence-electron chi connectivity index (χ1n) is 7.90. The number of ether oxygens (including phenoxy) is 1. The number of anilines is 1. The Bertz CT molecular complexity index is 930. The Morgan fingerprint density at radius 2 is 1.92 bits per heavy atom. The summed E-state index contributed by atoms with van der Waals surface area (Å²) in [6, 6.07) is 13.1. The van der Waals surface area contributed by atoms with Crippen molar-refractivity contribution in [2.75, 3.05) is 11.9 Å². The van der Waals surface area contributed by atoms with Gasteiger partial charge in [0.1, 0.15) is 11.6 Å². The van der Waals surface area contributed by atoms with E-state index in [1.165, 1.54) is 0 Å². The first-order valence-corrected chi connectivity index (χ1v) is 7.90. The average molecular weight is 355 g/mol. The highest BCUT2D eigenvalue weighted by atomic mass is 19.1. The lowest BCUT2D eigenvalue weighted by Gasteiger charge is -2.08. The van der Waals surface area contributed by atoms with Crippen LogP contribution in [-0.2, 0) is 0 Å². The summed E-state index contributed by atoms with van der Waals surface area (Å²) in [6.07, 6.45) is 0. The van der Waals surface area contributed by atoms with Gasteiger partial charge in [-0.25, -0.2) is 8.78 Å². The SMILES string of the molecule is CCOc1ccc(-c2cccc(NC(=O)c3ccc(F)cc3F)c2)nn1. The minimum atomic E-state index is -0.920. The zero-order valence-corrected chi connectivity index (χ0v) is 13.9. The summed E-state index contributed by atoms with van der Waals surface area (Å²) in [4.78, 5) is 12.2. The van der Waals surface area contributed by atoms with Crippen molar-refractivity contribution in [2.24, 2.45) is 0 Å². The number of carbonyl (C=O) groups is 1. The molecular weight excluding hydrogens is 340 g/mol. The molecule has 0 spiro atoms. The van der Waals surface area contributed by atoms with Crippen LogP contribution in [0.2, 0.25) is 0 Å². The van der Waals surface area contributed by atoms with E-state index in [-0.39, 0.29) is 5.56 Å². The summed E-state index contributed by atoms with van der Waals surface area (Å²) in [5, 5.41) is 10.6. The molecule has 1 aromatic heterocycles. The van der Waals surface area contributed by atoms with Gasteiger partial charge in [0.2, 0.25) is 5.88 Å². The molecule has 1 heterocycles. The van der Waals surface area contributed by atoms with E-state index < -0.39 is 17.5 Å². The molecule has 26 heavy (non-hydrogen) atoms. The van der Waals surface area contributed by atoms with Crippen LogP contribution in [0.4, 0.5) is 14.5 Å². The minimum absolute atomic E-state index is 0.238. The van der Waals surface area contributed by atoms with E-state index in [1.807, 2.05) is 6.92 Å². The fraction of sp³-hybridized carbons (Fsp3) is 0.105. The van der Waals surface area contributed by atoms with E-state index in [0.717, 1.165) is 17.7 Å². The quantitative estimate of drug-likeness (QED) is 0.749. The fourth-order valence-electron chi connectivity index (χ4n) is 2.33. The number of amides is 1. The maximum absolute atomic E-state index is 13.7. The molecule has 2 aromatic carbocycles. The van der Waals surface area contributed by atoms with Gasteiger partial charge in [-0.05, 0) is 37.3 Å². The lowest BCUT2D eigenvalue weighted by Crippen LogP contribution is -2.14. The molecule has 0 aliphatic rings. The third kappa shape index (κ3) is 4.00. The van der Waals surface area contributed by atoms with Crippen molar-refractivity contribution in [1.29, 1.82) is 0 Å². The monoisotopic (exact) mass is 355 g/mol. The number of halogens is 2. The number of aromatic nitrogens is 2. The van der Waals surface area contributed by atoms with E-state index in [9.17, 15) is 13.6 Å². The van der Waals surface area contributed by atoms with Crippen molar-refractivity contribution in [3.8, 4) is 17.1 Å². The van der Waals surface area contributed by atoms with Gasteiger partial charge in [-0.2, -0.15) is 0 Å². The molecule has 5 nitrogen and oxygen atoms in total. The Morgan fingerprint density at radius 1 is 1.08 bits per heavy atom. The summed E-state index contributed by atoms with van der Waals surface area (Å²) in [5.41, 5.74) is 1.53. The second kappa shape index (κ2) is 7.69. The molecule has 0 saturated heterocycles. The zero-order valence-electron chi connectivity index (χ0n) is 13.9. The molecule has 0 bridgehead atoms. The van der Waals surface area contributed by atoms with Crippen LogP contribution in [0.5, 0.6) is 5.88 Å². The number of benzene rings is 2. The van der Waals surface area contributed by atoms with Gasteiger partial charge in [0, 0.05) is 23.4 Å². The van der Waals surface area contributed by atoms with Crippen molar-refractivity contribution in [3.05, 3.63) is 71.8 Å². The smallest absolute Gasteiger partial charge is 0.258 e. The fourth-order valence-corrected chi connectivity index (χ4v) is 2.33. The van der Waals surface area contributed by atoms with Crippen LogP contribution in [-0.4, -0.2) is 22.7 Å². The second-order valence-corrected chi connectivity index (χ2v) is 5.35. The summed E-state index contributed by atoms with van der Waals surface area (Å²) < 4.78 is 31.9. The maximum Gasteiger partial charge on any atom is 0.258 e. The number of nitrogens with one attached hydrogen (secondary N) is 1. The van der Waals surface area contributed by atoms with Crippen molar-refractivity contribution in [1.82, 2.24) is 10.2 Å². The van der Waals surface area contributed by atoms with Gasteiger partial charge in [0.15, 0.2) is 0 Å². The Kier molecular flexibility index (Phi) is 5.17. The summed E-state index contributed by atoms with van der Waals surface area (Å²) in [5.74, 6) is -1.91. The van der Waals surface area contributed by atoms with E-state index in [4.69, 9.17) is 4.74 Å². The lowest BCUT2D eigenvalue weighted by molar-refractivity contribution is 0.102. The number of nitrogens with zero attached hydrogens (tertiary/aromatic N) is 2. The summed E-state index contributed by atoms with van der Waals surface area (Å²) >= 11 is 0. The molecule has 0 aliphatic carbocycles. The third-order valence-electron chi connectivity index (χ3n) is 3.52. The Labute approximate surface area is 148 Å². The molecule has 7 heteroatoms. The topological polar surface area (TPSA) is 64.1 Å². The first-order chi connectivity index (χ1) is 12.6. The number of rotatable bonds is 5. The first kappa shape index (κ1) is 17.5. The van der Waals surface area contributed by atoms with E-state index in [1.54, 1.807) is 36.4 Å². The van der Waals surface area contributed by atoms with Crippen LogP contribution in [0, 0.1) is 11.6 Å². The van der Waals surface area contributed by atoms with Gasteiger partial charge >= 0.3 is 0 Å². The minimum Gasteiger partial charge on any atom is -0.477 e. The second-order valence-electron chi connectivity index (χ2n) is 5.35. The van der Waals surface area contributed by atoms with Gasteiger partial charge in [-0.15, -0.1) is 10.2 Å². The normalized spacial score (nSPS) is 10.4. The predicted molar refractivity (Wildman–Crippen MR) is 92.9 cm³/mol. The molecule has 0 atom stereocenters. The zero-order chi connectivity index (χ0) is 18.5. The van der Waals surface area contributed by atoms with Crippen molar-refractivity contribution < 1.29 is 18.3 Å². The predicted octanol–water partition coefficient (Wildman–Crippen LogP) is 4.07. The molecule has 0 aliphatic heterocycles. The van der Waals surface area contributed by atoms with Crippen molar-refractivity contribution in [2.45, 2.75) is 6.92 Å². The molecule has 0 fully saturated rings. The maximum atomic E-state index is 13.7. The molecule has 132 valence electrons. The van der Waals surface area contributed by atoms with Crippen molar-refractivity contribution >= 4 is 11.6 Å². The van der Waals surface area contributed by atoms with Gasteiger partial charge in [0.05, 0.1) is 17.9 Å². The standard InChI is InChI=1S/C19H15F2N3O2/c1-2-26-18-9-8-17(23-24-18)12-4-3-5-14(10-12)22-19(25)15-7-6-13(20)11-16(15)21/h3-11H,2H2,1H3,(H,22,25). The van der Waals surface area contributed by atoms with Crippen LogP contribution >= 0.6 is 0 Å². The summed E-state index contributed by atoms with van der Waals surface area (Å²) in [6.45, 7) is 2.35. The Morgan fingerprint density at radius 3 is 2.62 bits per heavy atom. The molecule has 1 N–H and O–H groups in total. The van der Waals surface area contributed by atoms with Gasteiger partial charge in [0.25, 0.3) is 5.91 Å². The molecule has 0 unspecified atom stereocenters. The highest BCUT2D eigenvalue weighted by Crippen LogP contribution is 2.22. The highest BCUT2D eigenvalue weighted by Gasteiger charge is 2.13. The lowest BCUT2D eigenvalue weighted by atomic mass is 10.1. The average Bonchev–Trinajstić information content (AvgIpc) is 2.63. The molecule has 0 saturated carbocycles. The van der Waals surface area contributed by atoms with Crippen LogP contribution in [0.15, 0.2) is 54.6 Å². The molecule has 0 radical (unpaired) electrons. The van der Waals surface area contributed by atoms with Gasteiger partial charge in [-0.3, -0.25) is 4.79 Å². The van der Waals surface area contributed by atoms with Crippen LogP contribution in [0.25, 0.3) is 11.3 Å². The largest absolute Gasteiger partial charge is 0.477 e. The molecule has 3 rings (SSSR count). The van der Waals surface area contributed by atoms with Crippen molar-refractivity contribution in [3.63, 3.8) is 0 Å².